The average Bonchev–Trinajstić information content (AvgIpc) is 2.63. The Labute approximate surface area is 152 Å². The van der Waals surface area contributed by atoms with Gasteiger partial charge in [0.25, 0.3) is 0 Å². The molecule has 0 saturated carbocycles. The van der Waals surface area contributed by atoms with Gasteiger partial charge in [-0.3, -0.25) is 4.99 Å². The highest BCUT2D eigenvalue weighted by Crippen LogP contribution is 2.15. The Morgan fingerprint density at radius 1 is 1.28 bits per heavy atom. The molecule has 0 aliphatic carbocycles. The first-order chi connectivity index (χ1) is 12.1. The standard InChI is InChI=1S/C19H34N6/c1-16-9-13-25(14-10-16)12-6-11-21-19(20-2)22-15-17-7-5-8-18(23-17)24(3)4/h5,7-8,16H,6,9-15H2,1-4H3,(H2,20,21,22). The summed E-state index contributed by atoms with van der Waals surface area (Å²) in [6.07, 6.45) is 3.83. The van der Waals surface area contributed by atoms with E-state index in [-0.39, 0.29) is 0 Å². The smallest absolute Gasteiger partial charge is 0.191 e. The second-order valence-electron chi connectivity index (χ2n) is 7.11. The Kier molecular flexibility index (Phi) is 7.98. The molecule has 2 heterocycles. The lowest BCUT2D eigenvalue weighted by Gasteiger charge is -2.30. The van der Waals surface area contributed by atoms with E-state index < -0.39 is 0 Å². The highest BCUT2D eigenvalue weighted by Gasteiger charge is 2.14. The zero-order valence-corrected chi connectivity index (χ0v) is 16.3. The fraction of sp³-hybridized carbons (Fsp3) is 0.684. The van der Waals surface area contributed by atoms with Crippen LogP contribution < -0.4 is 15.5 Å². The van der Waals surface area contributed by atoms with Crippen LogP contribution in [0.25, 0.3) is 0 Å². The minimum atomic E-state index is 0.672. The van der Waals surface area contributed by atoms with Gasteiger partial charge >= 0.3 is 0 Å². The van der Waals surface area contributed by atoms with Gasteiger partial charge in [-0.25, -0.2) is 4.98 Å². The number of anilines is 1. The third-order valence-corrected chi connectivity index (χ3v) is 4.73. The quantitative estimate of drug-likeness (QED) is 0.449. The van der Waals surface area contributed by atoms with E-state index in [0.29, 0.717) is 6.54 Å². The summed E-state index contributed by atoms with van der Waals surface area (Å²) in [6.45, 7) is 7.65. The first kappa shape index (κ1) is 19.5. The first-order valence-electron chi connectivity index (χ1n) is 9.38. The van der Waals surface area contributed by atoms with Crippen LogP contribution in [0.3, 0.4) is 0 Å². The van der Waals surface area contributed by atoms with Crippen LogP contribution in [0.2, 0.25) is 0 Å². The number of nitrogens with zero attached hydrogens (tertiary/aromatic N) is 4. The summed E-state index contributed by atoms with van der Waals surface area (Å²) in [7, 11) is 5.82. The molecule has 2 N–H and O–H groups in total. The van der Waals surface area contributed by atoms with Crippen molar-refractivity contribution in [3.63, 3.8) is 0 Å². The van der Waals surface area contributed by atoms with Gasteiger partial charge in [-0.2, -0.15) is 0 Å². The molecular formula is C19H34N6. The van der Waals surface area contributed by atoms with Crippen LogP contribution >= 0.6 is 0 Å². The number of aliphatic imine (C=N–C) groups is 1. The molecule has 1 aromatic heterocycles. The van der Waals surface area contributed by atoms with Gasteiger partial charge in [-0.05, 0) is 56.9 Å². The molecule has 0 atom stereocenters. The van der Waals surface area contributed by atoms with Crippen LogP contribution in [-0.4, -0.2) is 63.2 Å². The van der Waals surface area contributed by atoms with Crippen LogP contribution in [0.4, 0.5) is 5.82 Å². The molecular weight excluding hydrogens is 312 g/mol. The van der Waals surface area contributed by atoms with E-state index >= 15 is 0 Å². The number of rotatable bonds is 7. The zero-order valence-electron chi connectivity index (χ0n) is 16.3. The number of pyridine rings is 1. The molecule has 0 radical (unpaired) electrons. The predicted octanol–water partition coefficient (Wildman–Crippen LogP) is 1.93. The monoisotopic (exact) mass is 346 g/mol. The van der Waals surface area contributed by atoms with Crippen molar-refractivity contribution in [3.05, 3.63) is 23.9 Å². The Bertz CT molecular complexity index is 534. The van der Waals surface area contributed by atoms with Gasteiger partial charge in [0, 0.05) is 27.7 Å². The van der Waals surface area contributed by atoms with Crippen molar-refractivity contribution in [1.29, 1.82) is 0 Å². The van der Waals surface area contributed by atoms with E-state index in [9.17, 15) is 0 Å². The van der Waals surface area contributed by atoms with Gasteiger partial charge in [0.15, 0.2) is 5.96 Å². The van der Waals surface area contributed by atoms with Gasteiger partial charge < -0.3 is 20.4 Å². The highest BCUT2D eigenvalue weighted by atomic mass is 15.2. The average molecular weight is 347 g/mol. The number of hydrogen-bond donors (Lipinski definition) is 2. The van der Waals surface area contributed by atoms with E-state index in [1.807, 2.05) is 44.2 Å². The fourth-order valence-electron chi connectivity index (χ4n) is 3.00. The van der Waals surface area contributed by atoms with Crippen molar-refractivity contribution in [2.24, 2.45) is 10.9 Å². The number of aromatic nitrogens is 1. The van der Waals surface area contributed by atoms with Crippen LogP contribution in [0.1, 0.15) is 31.9 Å². The minimum Gasteiger partial charge on any atom is -0.363 e. The maximum absolute atomic E-state index is 4.62. The van der Waals surface area contributed by atoms with Gasteiger partial charge in [-0.1, -0.05) is 13.0 Å². The Morgan fingerprint density at radius 2 is 2.04 bits per heavy atom. The summed E-state index contributed by atoms with van der Waals surface area (Å²) < 4.78 is 0. The number of piperidine rings is 1. The van der Waals surface area contributed by atoms with Crippen molar-refractivity contribution in [1.82, 2.24) is 20.5 Å². The van der Waals surface area contributed by atoms with Gasteiger partial charge in [-0.15, -0.1) is 0 Å². The number of nitrogens with one attached hydrogen (secondary N) is 2. The van der Waals surface area contributed by atoms with E-state index in [0.717, 1.165) is 36.4 Å². The summed E-state index contributed by atoms with van der Waals surface area (Å²) in [4.78, 5) is 13.5. The lowest BCUT2D eigenvalue weighted by atomic mass is 9.99. The van der Waals surface area contributed by atoms with Crippen molar-refractivity contribution in [2.45, 2.75) is 32.7 Å². The van der Waals surface area contributed by atoms with Crippen molar-refractivity contribution < 1.29 is 0 Å². The molecule has 6 heteroatoms. The molecule has 0 unspecified atom stereocenters. The third kappa shape index (κ3) is 6.90. The van der Waals surface area contributed by atoms with Crippen molar-refractivity contribution in [3.8, 4) is 0 Å². The van der Waals surface area contributed by atoms with E-state index in [1.54, 1.807) is 0 Å². The predicted molar refractivity (Wildman–Crippen MR) is 106 cm³/mol. The summed E-state index contributed by atoms with van der Waals surface area (Å²) >= 11 is 0. The third-order valence-electron chi connectivity index (χ3n) is 4.73. The summed E-state index contributed by atoms with van der Waals surface area (Å²) in [5.74, 6) is 2.71. The van der Waals surface area contributed by atoms with Crippen LogP contribution in [-0.2, 0) is 6.54 Å². The van der Waals surface area contributed by atoms with Crippen LogP contribution in [0.15, 0.2) is 23.2 Å². The molecule has 1 fully saturated rings. The molecule has 1 saturated heterocycles. The van der Waals surface area contributed by atoms with Crippen LogP contribution in [0.5, 0.6) is 0 Å². The largest absolute Gasteiger partial charge is 0.363 e. The van der Waals surface area contributed by atoms with Gasteiger partial charge in [0.2, 0.25) is 0 Å². The second kappa shape index (κ2) is 10.2. The first-order valence-corrected chi connectivity index (χ1v) is 9.38. The maximum Gasteiger partial charge on any atom is 0.191 e. The normalized spacial score (nSPS) is 16.7. The zero-order chi connectivity index (χ0) is 18.1. The molecule has 0 aromatic carbocycles. The summed E-state index contributed by atoms with van der Waals surface area (Å²) in [5, 5.41) is 6.74. The minimum absolute atomic E-state index is 0.672. The maximum atomic E-state index is 4.62. The van der Waals surface area contributed by atoms with E-state index in [4.69, 9.17) is 0 Å². The number of guanidine groups is 1. The Balaban J connectivity index is 1.66. The molecule has 25 heavy (non-hydrogen) atoms. The molecule has 140 valence electrons. The number of likely N-dealkylation sites (tertiary alicyclic amines) is 1. The molecule has 0 spiro atoms. The van der Waals surface area contributed by atoms with E-state index in [1.165, 1.54) is 32.5 Å². The Hall–Kier alpha value is -1.82. The highest BCUT2D eigenvalue weighted by molar-refractivity contribution is 5.79. The molecule has 6 nitrogen and oxygen atoms in total. The fourth-order valence-corrected chi connectivity index (χ4v) is 3.00. The molecule has 2 rings (SSSR count). The van der Waals surface area contributed by atoms with E-state index in [2.05, 4.69) is 32.4 Å². The van der Waals surface area contributed by atoms with Crippen molar-refractivity contribution >= 4 is 11.8 Å². The summed E-state index contributed by atoms with van der Waals surface area (Å²) in [5.41, 5.74) is 1.01. The topological polar surface area (TPSA) is 55.8 Å². The molecule has 0 bridgehead atoms. The van der Waals surface area contributed by atoms with Gasteiger partial charge in [0.05, 0.1) is 12.2 Å². The molecule has 1 aliphatic rings. The summed E-state index contributed by atoms with van der Waals surface area (Å²) in [6, 6.07) is 6.08. The second-order valence-corrected chi connectivity index (χ2v) is 7.11. The molecule has 1 aliphatic heterocycles. The lowest BCUT2D eigenvalue weighted by Crippen LogP contribution is -2.39. The number of hydrogen-bond acceptors (Lipinski definition) is 4. The van der Waals surface area contributed by atoms with Crippen molar-refractivity contribution in [2.75, 3.05) is 52.2 Å². The molecule has 0 amide bonds. The molecule has 1 aromatic rings. The SMILES string of the molecule is CN=C(NCCCN1CCC(C)CC1)NCc1cccc(N(C)C)n1. The van der Waals surface area contributed by atoms with Gasteiger partial charge in [0.1, 0.15) is 5.82 Å². The Morgan fingerprint density at radius 3 is 2.72 bits per heavy atom. The van der Waals surface area contributed by atoms with Crippen LogP contribution in [0, 0.1) is 5.92 Å². The lowest BCUT2D eigenvalue weighted by molar-refractivity contribution is 0.191.